The lowest BCUT2D eigenvalue weighted by Crippen LogP contribution is -2.51. The number of cyclic esters (lactones) is 2. The standard InChI is InChI=1S/C24H34O5.6CH4/c1-15(2)24(7,21(27)28-8)17(4)23(6,18-11-9-16(3)10-12-18)14-22(5)13-19(25)29-20(22)26;;;;;;/h9-12,15,17H,13-14H2,1-8H3;6*1H4. The number of rotatable bonds is 7. The number of methoxy groups -OCH3 is 1. The van der Waals surface area contributed by atoms with E-state index >= 15 is 0 Å². The first-order valence-electron chi connectivity index (χ1n) is 10.2. The Morgan fingerprint density at radius 1 is 1.00 bits per heavy atom. The third-order valence-electron chi connectivity index (χ3n) is 7.38. The molecule has 0 aromatic heterocycles. The quantitative estimate of drug-likeness (QED) is 0.279. The highest BCUT2D eigenvalue weighted by Gasteiger charge is 2.56. The molecule has 0 amide bonds. The summed E-state index contributed by atoms with van der Waals surface area (Å²) in [5.74, 6) is -1.41. The molecule has 35 heavy (non-hydrogen) atoms. The molecule has 0 spiro atoms. The Morgan fingerprint density at radius 2 is 1.46 bits per heavy atom. The van der Waals surface area contributed by atoms with Crippen LogP contribution in [0.2, 0.25) is 0 Å². The third kappa shape index (κ3) is 7.65. The topological polar surface area (TPSA) is 69.7 Å². The molecule has 1 aromatic carbocycles. The van der Waals surface area contributed by atoms with Crippen molar-refractivity contribution in [3.8, 4) is 0 Å². The Kier molecular flexibility index (Phi) is 18.5. The van der Waals surface area contributed by atoms with Crippen LogP contribution in [0.3, 0.4) is 0 Å². The second-order valence-electron chi connectivity index (χ2n) is 9.61. The molecule has 1 aliphatic heterocycles. The number of hydrogen-bond acceptors (Lipinski definition) is 5. The Balaban J connectivity index is -0.000000500. The van der Waals surface area contributed by atoms with Crippen molar-refractivity contribution >= 4 is 17.9 Å². The van der Waals surface area contributed by atoms with Gasteiger partial charge in [0.1, 0.15) is 0 Å². The molecule has 5 nitrogen and oxygen atoms in total. The van der Waals surface area contributed by atoms with E-state index in [1.54, 1.807) is 6.92 Å². The van der Waals surface area contributed by atoms with Gasteiger partial charge in [-0.2, -0.15) is 0 Å². The van der Waals surface area contributed by atoms with Crippen molar-refractivity contribution in [2.24, 2.45) is 22.7 Å². The molecule has 4 atom stereocenters. The van der Waals surface area contributed by atoms with Crippen LogP contribution in [0.1, 0.15) is 110 Å². The van der Waals surface area contributed by atoms with Gasteiger partial charge in [0.2, 0.25) is 0 Å². The van der Waals surface area contributed by atoms with Crippen LogP contribution in [-0.4, -0.2) is 25.0 Å². The van der Waals surface area contributed by atoms with Gasteiger partial charge in [0.15, 0.2) is 0 Å². The fraction of sp³-hybridized carbons (Fsp3) is 0.700. The zero-order valence-electron chi connectivity index (χ0n) is 18.9. The first-order chi connectivity index (χ1) is 13.3. The molecule has 4 unspecified atom stereocenters. The highest BCUT2D eigenvalue weighted by Crippen LogP contribution is 2.53. The molecular weight excluding hydrogens is 440 g/mol. The summed E-state index contributed by atoms with van der Waals surface area (Å²) in [6.07, 6.45) is 0.449. The van der Waals surface area contributed by atoms with Gasteiger partial charge < -0.3 is 9.47 Å². The van der Waals surface area contributed by atoms with Crippen LogP contribution in [-0.2, 0) is 29.3 Å². The van der Waals surface area contributed by atoms with Crippen LogP contribution < -0.4 is 0 Å². The number of carbonyl (C=O) groups excluding carboxylic acids is 3. The Bertz CT molecular complexity index is 797. The zero-order valence-corrected chi connectivity index (χ0v) is 18.9. The second-order valence-corrected chi connectivity index (χ2v) is 9.61. The zero-order chi connectivity index (χ0) is 22.2. The van der Waals surface area contributed by atoms with Gasteiger partial charge >= 0.3 is 17.9 Å². The van der Waals surface area contributed by atoms with E-state index in [1.165, 1.54) is 7.11 Å². The predicted molar refractivity (Wildman–Crippen MR) is 151 cm³/mol. The number of hydrogen-bond donors (Lipinski definition) is 0. The summed E-state index contributed by atoms with van der Waals surface area (Å²) in [5.41, 5.74) is -0.125. The van der Waals surface area contributed by atoms with Crippen LogP contribution in [0.25, 0.3) is 0 Å². The van der Waals surface area contributed by atoms with Crippen molar-refractivity contribution in [3.05, 3.63) is 35.4 Å². The lowest BCUT2D eigenvalue weighted by molar-refractivity contribution is -0.161. The van der Waals surface area contributed by atoms with Gasteiger partial charge in [-0.1, -0.05) is 102 Å². The molecule has 208 valence electrons. The third-order valence-corrected chi connectivity index (χ3v) is 7.38. The number of esters is 3. The van der Waals surface area contributed by atoms with Crippen LogP contribution >= 0.6 is 0 Å². The summed E-state index contributed by atoms with van der Waals surface area (Å²) in [6.45, 7) is 13.9. The van der Waals surface area contributed by atoms with Crippen molar-refractivity contribution in [2.75, 3.05) is 7.11 Å². The summed E-state index contributed by atoms with van der Waals surface area (Å²) in [4.78, 5) is 37.3. The Hall–Kier alpha value is -2.17. The summed E-state index contributed by atoms with van der Waals surface area (Å²) in [6, 6.07) is 8.17. The van der Waals surface area contributed by atoms with E-state index in [1.807, 2.05) is 46.8 Å². The number of carbonyl (C=O) groups is 3. The minimum Gasteiger partial charge on any atom is -0.469 e. The normalized spacial score (nSPS) is 20.4. The predicted octanol–water partition coefficient (Wildman–Crippen LogP) is 8.41. The maximum atomic E-state index is 12.9. The summed E-state index contributed by atoms with van der Waals surface area (Å²) in [7, 11) is 1.41. The largest absolute Gasteiger partial charge is 0.469 e. The molecule has 1 aliphatic rings. The molecule has 1 aromatic rings. The van der Waals surface area contributed by atoms with Crippen LogP contribution in [0.15, 0.2) is 24.3 Å². The van der Waals surface area contributed by atoms with E-state index in [-0.39, 0.29) is 68.8 Å². The average molecular weight is 499 g/mol. The fourth-order valence-corrected chi connectivity index (χ4v) is 4.83. The lowest BCUT2D eigenvalue weighted by atomic mass is 9.54. The second kappa shape index (κ2) is 15.1. The molecule has 1 saturated heterocycles. The highest BCUT2D eigenvalue weighted by atomic mass is 16.6. The van der Waals surface area contributed by atoms with Crippen molar-refractivity contribution in [1.29, 1.82) is 0 Å². The summed E-state index contributed by atoms with van der Waals surface area (Å²) < 4.78 is 10.1. The molecule has 1 heterocycles. The van der Waals surface area contributed by atoms with Gasteiger partial charge in [0, 0.05) is 0 Å². The molecule has 2 rings (SSSR count). The first-order valence-corrected chi connectivity index (χ1v) is 10.2. The van der Waals surface area contributed by atoms with E-state index in [9.17, 15) is 14.4 Å². The summed E-state index contributed by atoms with van der Waals surface area (Å²) in [5, 5.41) is 0. The Morgan fingerprint density at radius 3 is 1.80 bits per heavy atom. The lowest BCUT2D eigenvalue weighted by Gasteiger charge is -2.49. The number of aryl methyl sites for hydroxylation is 1. The van der Waals surface area contributed by atoms with Crippen molar-refractivity contribution in [1.82, 2.24) is 0 Å². The van der Waals surface area contributed by atoms with E-state index in [0.717, 1.165) is 11.1 Å². The molecule has 0 radical (unpaired) electrons. The Labute approximate surface area is 218 Å². The smallest absolute Gasteiger partial charge is 0.320 e. The first kappa shape index (κ1) is 42.9. The van der Waals surface area contributed by atoms with E-state index in [2.05, 4.69) is 19.1 Å². The van der Waals surface area contributed by atoms with Crippen molar-refractivity contribution in [3.63, 3.8) is 0 Å². The highest BCUT2D eigenvalue weighted by molar-refractivity contribution is 5.97. The molecule has 0 saturated carbocycles. The number of ether oxygens (including phenoxy) is 2. The number of benzene rings is 1. The SMILES string of the molecule is C.C.C.C.C.C.COC(=O)C(C)(C(C)C)C(C)C(C)(CC1(C)CC(=O)OC1=O)c1ccc(C)cc1. The molecule has 0 N–H and O–H groups in total. The van der Waals surface area contributed by atoms with Gasteiger partial charge in [-0.15, -0.1) is 0 Å². The molecule has 0 aliphatic carbocycles. The van der Waals surface area contributed by atoms with Gasteiger partial charge in [0.25, 0.3) is 0 Å². The van der Waals surface area contributed by atoms with Gasteiger partial charge in [-0.05, 0) is 50.0 Å². The minimum atomic E-state index is -0.932. The van der Waals surface area contributed by atoms with E-state index < -0.39 is 28.2 Å². The molecule has 5 heteroatoms. The fourth-order valence-electron chi connectivity index (χ4n) is 4.83. The van der Waals surface area contributed by atoms with Gasteiger partial charge in [0.05, 0.1) is 24.4 Å². The van der Waals surface area contributed by atoms with Crippen molar-refractivity contribution < 1.29 is 23.9 Å². The van der Waals surface area contributed by atoms with E-state index in [0.29, 0.717) is 6.42 Å². The average Bonchev–Trinajstić information content (AvgIpc) is 2.90. The molecule has 1 fully saturated rings. The van der Waals surface area contributed by atoms with E-state index in [4.69, 9.17) is 9.47 Å². The monoisotopic (exact) mass is 498 g/mol. The van der Waals surface area contributed by atoms with Crippen LogP contribution in [0.5, 0.6) is 0 Å². The molecule has 0 bridgehead atoms. The van der Waals surface area contributed by atoms with Crippen molar-refractivity contribution in [2.45, 2.75) is 111 Å². The van der Waals surface area contributed by atoms with Gasteiger partial charge in [-0.25, -0.2) is 0 Å². The van der Waals surface area contributed by atoms with Crippen LogP contribution in [0.4, 0.5) is 0 Å². The summed E-state index contributed by atoms with van der Waals surface area (Å²) >= 11 is 0. The van der Waals surface area contributed by atoms with Gasteiger partial charge in [-0.3, -0.25) is 14.4 Å². The van der Waals surface area contributed by atoms with Crippen LogP contribution in [0, 0.1) is 29.6 Å². The molecular formula is C30H58O5. The maximum absolute atomic E-state index is 12.9. The maximum Gasteiger partial charge on any atom is 0.320 e. The minimum absolute atomic E-state index is 0.